The van der Waals surface area contributed by atoms with Crippen LogP contribution in [-0.2, 0) is 26.2 Å². The molecule has 0 radical (unpaired) electrons. The fourth-order valence-corrected chi connectivity index (χ4v) is 5.69. The van der Waals surface area contributed by atoms with Crippen LogP contribution in [0.4, 0.5) is 5.69 Å². The molecule has 0 unspecified atom stereocenters. The average Bonchev–Trinajstić information content (AvgIpc) is 2.88. The fourth-order valence-electron chi connectivity index (χ4n) is 3.94. The summed E-state index contributed by atoms with van der Waals surface area (Å²) in [6.07, 6.45) is 0.356. The van der Waals surface area contributed by atoms with E-state index in [4.69, 9.17) is 11.6 Å². The molecule has 3 rings (SSSR count). The Morgan fingerprint density at radius 3 is 2.17 bits per heavy atom. The minimum atomic E-state index is -4.14. The summed E-state index contributed by atoms with van der Waals surface area (Å²) in [7, 11) is -2.63. The predicted octanol–water partition coefficient (Wildman–Crippen LogP) is 4.40. The van der Waals surface area contributed by atoms with Crippen molar-refractivity contribution >= 4 is 39.1 Å². The molecule has 1 atom stereocenters. The van der Waals surface area contributed by atoms with E-state index < -0.39 is 28.5 Å². The number of likely N-dealkylation sites (N-methyl/N-ethyl adjacent to an activating group) is 1. The number of aryl methyl sites for hydroxylation is 1. The van der Waals surface area contributed by atoms with Gasteiger partial charge in [0.1, 0.15) is 12.6 Å². The van der Waals surface area contributed by atoms with Crippen molar-refractivity contribution < 1.29 is 18.0 Å². The number of nitrogens with one attached hydrogen (secondary N) is 1. The van der Waals surface area contributed by atoms with Gasteiger partial charge in [0.25, 0.3) is 10.0 Å². The zero-order valence-corrected chi connectivity index (χ0v) is 22.1. The van der Waals surface area contributed by atoms with Gasteiger partial charge in [-0.3, -0.25) is 13.9 Å². The normalized spacial score (nSPS) is 12.0. The van der Waals surface area contributed by atoms with Crippen molar-refractivity contribution in [1.29, 1.82) is 0 Å². The smallest absolute Gasteiger partial charge is 0.264 e. The molecule has 7 nitrogen and oxygen atoms in total. The first kappa shape index (κ1) is 27.2. The molecule has 190 valence electrons. The van der Waals surface area contributed by atoms with Crippen LogP contribution < -0.4 is 9.62 Å². The van der Waals surface area contributed by atoms with Crippen molar-refractivity contribution in [3.05, 3.63) is 95.0 Å². The Morgan fingerprint density at radius 2 is 1.56 bits per heavy atom. The molecule has 0 saturated carbocycles. The number of hydrogen-bond donors (Lipinski definition) is 1. The number of para-hydroxylation sites is 1. The number of nitrogens with zero attached hydrogens (tertiary/aromatic N) is 2. The molecule has 0 fully saturated rings. The second kappa shape index (κ2) is 12.1. The first-order valence-corrected chi connectivity index (χ1v) is 13.4. The molecule has 3 aromatic carbocycles. The van der Waals surface area contributed by atoms with Crippen molar-refractivity contribution in [3.63, 3.8) is 0 Å². The molecule has 0 aliphatic rings. The number of carbonyl (C=O) groups is 2. The van der Waals surface area contributed by atoms with Crippen LogP contribution in [0.2, 0.25) is 5.02 Å². The average molecular weight is 528 g/mol. The number of amides is 2. The number of hydrogen-bond acceptors (Lipinski definition) is 4. The summed E-state index contributed by atoms with van der Waals surface area (Å²) in [5.74, 6) is -0.845. The standard InChI is InChI=1S/C27H30ClN3O4S/c1-4-24(27(33)29-3)30(18-21-13-9-8-12-20(21)2)26(32)19-31(25-17-11-10-16-23(25)28)36(34,35)22-14-6-5-7-15-22/h5-17,24H,4,18-19H2,1-3H3,(H,29,33)/t24-/m1/s1. The monoisotopic (exact) mass is 527 g/mol. The van der Waals surface area contributed by atoms with Crippen molar-refractivity contribution in [2.45, 2.75) is 37.8 Å². The van der Waals surface area contributed by atoms with Gasteiger partial charge in [0, 0.05) is 13.6 Å². The van der Waals surface area contributed by atoms with Crippen LogP contribution in [0.5, 0.6) is 0 Å². The van der Waals surface area contributed by atoms with Crippen molar-refractivity contribution in [2.75, 3.05) is 17.9 Å². The minimum absolute atomic E-state index is 0.0292. The highest BCUT2D eigenvalue weighted by Gasteiger charge is 2.34. The van der Waals surface area contributed by atoms with E-state index in [-0.39, 0.29) is 28.1 Å². The highest BCUT2D eigenvalue weighted by atomic mass is 35.5. The lowest BCUT2D eigenvalue weighted by molar-refractivity contribution is -0.140. The maximum absolute atomic E-state index is 13.8. The number of anilines is 1. The lowest BCUT2D eigenvalue weighted by Crippen LogP contribution is -2.51. The molecule has 0 aromatic heterocycles. The van der Waals surface area contributed by atoms with E-state index in [1.54, 1.807) is 42.5 Å². The van der Waals surface area contributed by atoms with Crippen molar-refractivity contribution in [2.24, 2.45) is 0 Å². The zero-order chi connectivity index (χ0) is 26.3. The molecular formula is C27H30ClN3O4S. The largest absolute Gasteiger partial charge is 0.357 e. The van der Waals surface area contributed by atoms with E-state index in [1.165, 1.54) is 24.1 Å². The third kappa shape index (κ3) is 6.06. The van der Waals surface area contributed by atoms with Crippen LogP contribution in [0.1, 0.15) is 24.5 Å². The maximum atomic E-state index is 13.8. The van der Waals surface area contributed by atoms with E-state index in [2.05, 4.69) is 5.32 Å². The summed E-state index contributed by atoms with van der Waals surface area (Å²) < 4.78 is 28.4. The van der Waals surface area contributed by atoms with Gasteiger partial charge < -0.3 is 10.2 Å². The molecule has 0 saturated heterocycles. The molecular weight excluding hydrogens is 498 g/mol. The van der Waals surface area contributed by atoms with E-state index in [9.17, 15) is 18.0 Å². The summed E-state index contributed by atoms with van der Waals surface area (Å²) in [6.45, 7) is 3.36. The molecule has 2 amide bonds. The molecule has 1 N–H and O–H groups in total. The van der Waals surface area contributed by atoms with E-state index in [1.807, 2.05) is 38.1 Å². The Labute approximate surface area is 217 Å². The number of sulfonamides is 1. The summed E-state index contributed by atoms with van der Waals surface area (Å²) in [6, 6.07) is 21.1. The highest BCUT2D eigenvalue weighted by molar-refractivity contribution is 7.92. The summed E-state index contributed by atoms with van der Waals surface area (Å²) in [5.41, 5.74) is 2.01. The second-order valence-electron chi connectivity index (χ2n) is 8.26. The first-order chi connectivity index (χ1) is 17.2. The Bertz CT molecular complexity index is 1320. The van der Waals surface area contributed by atoms with Crippen molar-refractivity contribution in [1.82, 2.24) is 10.2 Å². The topological polar surface area (TPSA) is 86.8 Å². The number of carbonyl (C=O) groups excluding carboxylic acids is 2. The van der Waals surface area contributed by atoms with Gasteiger partial charge in [-0.15, -0.1) is 0 Å². The SMILES string of the molecule is CC[C@H](C(=O)NC)N(Cc1ccccc1C)C(=O)CN(c1ccccc1Cl)S(=O)(=O)c1ccccc1. The van der Waals surface area contributed by atoms with E-state index in [0.717, 1.165) is 15.4 Å². The molecule has 9 heteroatoms. The van der Waals surface area contributed by atoms with Gasteiger partial charge in [-0.1, -0.05) is 73.1 Å². The third-order valence-electron chi connectivity index (χ3n) is 5.97. The molecule has 3 aromatic rings. The number of rotatable bonds is 10. The summed E-state index contributed by atoms with van der Waals surface area (Å²) in [5, 5.41) is 2.80. The van der Waals surface area contributed by atoms with Crippen molar-refractivity contribution in [3.8, 4) is 0 Å². The van der Waals surface area contributed by atoms with Crippen LogP contribution in [0.3, 0.4) is 0 Å². The summed E-state index contributed by atoms with van der Waals surface area (Å²) in [4.78, 5) is 28.0. The number of benzene rings is 3. The zero-order valence-electron chi connectivity index (χ0n) is 20.5. The summed E-state index contributed by atoms with van der Waals surface area (Å²) >= 11 is 6.39. The molecule has 0 bridgehead atoms. The molecule has 0 spiro atoms. The first-order valence-electron chi connectivity index (χ1n) is 11.6. The predicted molar refractivity (Wildman–Crippen MR) is 142 cm³/mol. The fraction of sp³-hybridized carbons (Fsp3) is 0.259. The van der Waals surface area contributed by atoms with Gasteiger partial charge >= 0.3 is 0 Å². The van der Waals surface area contributed by atoms with Gasteiger partial charge in [0.15, 0.2) is 0 Å². The minimum Gasteiger partial charge on any atom is -0.357 e. The molecule has 36 heavy (non-hydrogen) atoms. The Morgan fingerprint density at radius 1 is 0.944 bits per heavy atom. The van der Waals surface area contributed by atoms with Crippen LogP contribution in [-0.4, -0.2) is 44.8 Å². The van der Waals surface area contributed by atoms with Crippen LogP contribution in [0.15, 0.2) is 83.8 Å². The van der Waals surface area contributed by atoms with Gasteiger partial charge in [0.2, 0.25) is 11.8 Å². The van der Waals surface area contributed by atoms with Crippen LogP contribution in [0.25, 0.3) is 0 Å². The quantitative estimate of drug-likeness (QED) is 0.423. The van der Waals surface area contributed by atoms with Crippen LogP contribution >= 0.6 is 11.6 Å². The van der Waals surface area contributed by atoms with E-state index >= 15 is 0 Å². The third-order valence-corrected chi connectivity index (χ3v) is 8.06. The van der Waals surface area contributed by atoms with Crippen LogP contribution in [0, 0.1) is 6.92 Å². The Kier molecular flexibility index (Phi) is 9.12. The highest BCUT2D eigenvalue weighted by Crippen LogP contribution is 2.30. The lowest BCUT2D eigenvalue weighted by atomic mass is 10.1. The molecule has 0 aliphatic carbocycles. The van der Waals surface area contributed by atoms with Gasteiger partial charge in [-0.05, 0) is 48.7 Å². The van der Waals surface area contributed by atoms with E-state index in [0.29, 0.717) is 6.42 Å². The lowest BCUT2D eigenvalue weighted by Gasteiger charge is -2.33. The maximum Gasteiger partial charge on any atom is 0.264 e. The van der Waals surface area contributed by atoms with Gasteiger partial charge in [-0.25, -0.2) is 8.42 Å². The second-order valence-corrected chi connectivity index (χ2v) is 10.5. The Balaban J connectivity index is 2.08. The molecule has 0 aliphatic heterocycles. The van der Waals surface area contributed by atoms with Gasteiger partial charge in [0.05, 0.1) is 15.6 Å². The number of halogens is 1. The molecule has 0 heterocycles. The Hall–Kier alpha value is -3.36. The van der Waals surface area contributed by atoms with Gasteiger partial charge in [-0.2, -0.15) is 0 Å².